The van der Waals surface area contributed by atoms with Crippen molar-refractivity contribution < 1.29 is 87.9 Å². The van der Waals surface area contributed by atoms with E-state index in [9.17, 15) is 14.7 Å². The first-order valence-electron chi connectivity index (χ1n) is 5.60. The maximum absolute atomic E-state index is 11.9. The van der Waals surface area contributed by atoms with Gasteiger partial charge < -0.3 is 32.3 Å². The van der Waals surface area contributed by atoms with Crippen molar-refractivity contribution in [3.63, 3.8) is 0 Å². The second-order valence-electron chi connectivity index (χ2n) is 4.19. The van der Waals surface area contributed by atoms with Crippen molar-refractivity contribution in [2.75, 3.05) is 0 Å². The number of carbonyl (C=O) groups excluding carboxylic acids is 2. The van der Waals surface area contributed by atoms with Crippen LogP contribution in [0.3, 0.4) is 0 Å². The molecule has 9 N–H and O–H groups in total. The van der Waals surface area contributed by atoms with Crippen LogP contribution < -0.4 is 40.0 Å². The average molecular weight is 368 g/mol. The molecule has 0 aromatic rings. The molecule has 0 fully saturated rings. The van der Waals surface area contributed by atoms with E-state index in [1.807, 2.05) is 13.8 Å². The normalized spacial score (nSPS) is 19.9. The van der Waals surface area contributed by atoms with Crippen molar-refractivity contribution >= 4 is 17.8 Å². The number of amides is 2. The van der Waals surface area contributed by atoms with Crippen LogP contribution in [0.15, 0.2) is 4.99 Å². The summed E-state index contributed by atoms with van der Waals surface area (Å²) in [7, 11) is 0. The third-order valence-corrected chi connectivity index (χ3v) is 3.33. The Hall–Kier alpha value is 0.164. The van der Waals surface area contributed by atoms with E-state index in [1.165, 1.54) is 0 Å². The number of nitrogens with zero attached hydrogens (tertiary/aromatic N) is 1. The van der Waals surface area contributed by atoms with E-state index in [-0.39, 0.29) is 79.1 Å². The molecule has 0 aliphatic carbocycles. The Bertz CT molecular complexity index is 357. The fourth-order valence-electron chi connectivity index (χ4n) is 2.30. The van der Waals surface area contributed by atoms with Crippen molar-refractivity contribution in [3.8, 4) is 0 Å². The fraction of sp³-hybridized carbons (Fsp3) is 0.727. The second kappa shape index (κ2) is 16.0. The van der Waals surface area contributed by atoms with Gasteiger partial charge in [-0.3, -0.25) is 9.59 Å². The van der Waals surface area contributed by atoms with Crippen LogP contribution in [0.2, 0.25) is 0 Å². The Balaban J connectivity index is -0.000000107. The molecule has 2 unspecified atom stereocenters. The molecule has 1 aliphatic heterocycles. The maximum atomic E-state index is 11.9. The van der Waals surface area contributed by atoms with Crippen molar-refractivity contribution in [2.24, 2.45) is 16.3 Å². The molecule has 0 saturated heterocycles. The number of nitrogens with one attached hydrogen (secondary N) is 1. The number of hydrogen-bond donors (Lipinski definition) is 1. The van der Waals surface area contributed by atoms with Crippen LogP contribution in [0.1, 0.15) is 40.0 Å². The zero-order valence-corrected chi connectivity index (χ0v) is 16.9. The molecule has 1 rings (SSSR count). The fourth-order valence-corrected chi connectivity index (χ4v) is 2.30. The number of aliphatic imine (C=N–C) groups is 1. The van der Waals surface area contributed by atoms with Crippen LogP contribution in [-0.2, 0) is 31.3 Å². The molecule has 2 amide bonds. The van der Waals surface area contributed by atoms with Gasteiger partial charge in [0, 0.05) is 21.7 Å². The summed E-state index contributed by atoms with van der Waals surface area (Å²) in [5, 5.41) is 13.1. The molecule has 9 nitrogen and oxygen atoms in total. The predicted octanol–water partition coefficient (Wildman–Crippen LogP) is -6.11. The summed E-state index contributed by atoms with van der Waals surface area (Å²) in [4.78, 5) is 27.1. The van der Waals surface area contributed by atoms with Gasteiger partial charge in [0.25, 0.3) is 5.91 Å². The summed E-state index contributed by atoms with van der Waals surface area (Å²) in [5.74, 6) is -1.20. The van der Waals surface area contributed by atoms with Gasteiger partial charge in [-0.2, -0.15) is 0 Å². The maximum Gasteiger partial charge on any atom is 1.00 e. The molecule has 0 saturated carbocycles. The molecule has 1 aliphatic rings. The number of amidine groups is 1. The minimum absolute atomic E-state index is 0. The Morgan fingerprint density at radius 1 is 1.18 bits per heavy atom. The van der Waals surface area contributed by atoms with Crippen molar-refractivity contribution in [3.05, 3.63) is 0 Å². The van der Waals surface area contributed by atoms with Gasteiger partial charge in [0.15, 0.2) is 0 Å². The molecule has 11 heteroatoms. The van der Waals surface area contributed by atoms with E-state index >= 15 is 0 Å². The Kier molecular flexibility index (Phi) is 27.7. The molecular weight excluding hydrogens is 343 g/mol. The molecule has 22 heavy (non-hydrogen) atoms. The van der Waals surface area contributed by atoms with Crippen LogP contribution in [0.5, 0.6) is 0 Å². The van der Waals surface area contributed by atoms with Crippen LogP contribution >= 0.6 is 0 Å². The molecule has 0 radical (unpaired) electrons. The van der Waals surface area contributed by atoms with Gasteiger partial charge in [-0.15, -0.1) is 0 Å². The van der Waals surface area contributed by atoms with E-state index in [4.69, 9.17) is 0 Å². The SMILES string of the molecule is CCCC(C)C1(CC)C(=O)N=C([O-])NC1=O.O.O.O.O.[Na+].[Ti]. The second-order valence-corrected chi connectivity index (χ2v) is 4.19. The van der Waals surface area contributed by atoms with E-state index < -0.39 is 23.3 Å². The zero-order chi connectivity index (χ0) is 12.3. The Morgan fingerprint density at radius 3 is 1.95 bits per heavy atom. The minimum Gasteiger partial charge on any atom is -0.846 e. The van der Waals surface area contributed by atoms with Gasteiger partial charge >= 0.3 is 29.6 Å². The zero-order valence-electron chi connectivity index (χ0n) is 13.4. The number of rotatable bonds is 4. The summed E-state index contributed by atoms with van der Waals surface area (Å²) in [6.07, 6.45) is 2.02. The quantitative estimate of drug-likeness (QED) is 0.380. The third-order valence-electron chi connectivity index (χ3n) is 3.33. The molecule has 0 spiro atoms. The summed E-state index contributed by atoms with van der Waals surface area (Å²) >= 11 is 0. The Labute approximate surface area is 166 Å². The van der Waals surface area contributed by atoms with E-state index in [0.29, 0.717) is 6.42 Å². The first kappa shape index (κ1) is 38.0. The largest absolute Gasteiger partial charge is 1.00 e. The number of hydrogen-bond acceptors (Lipinski definition) is 3. The molecule has 0 aromatic carbocycles. The molecule has 1 heterocycles. The van der Waals surface area contributed by atoms with Crippen LogP contribution in [-0.4, -0.2) is 39.7 Å². The van der Waals surface area contributed by atoms with E-state index in [1.54, 1.807) is 6.92 Å². The third kappa shape index (κ3) is 7.16. The van der Waals surface area contributed by atoms with Gasteiger partial charge in [0.2, 0.25) is 5.91 Å². The topological polar surface area (TPSA) is 208 Å². The standard InChI is InChI=1S/C11H18N2O3.Na.4H2O.Ti/c1-4-6-7(3)11(5-2)8(14)12-10(16)13-9(11)15;;;;;;/h7H,4-6H2,1-3H3,(H2,12,13,14,15,16);;4*1H2;/q;+1;;;;;/p-1. The number of carbonyl (C=O) groups is 2. The van der Waals surface area contributed by atoms with Gasteiger partial charge in [-0.05, 0) is 18.8 Å². The molecular formula is C11H25N2NaO7Ti. The van der Waals surface area contributed by atoms with E-state index in [0.717, 1.165) is 12.8 Å². The predicted molar refractivity (Wildman–Crippen MR) is 71.8 cm³/mol. The van der Waals surface area contributed by atoms with Gasteiger partial charge in [-0.1, -0.05) is 27.2 Å². The van der Waals surface area contributed by atoms with Gasteiger partial charge in [0.1, 0.15) is 5.41 Å². The van der Waals surface area contributed by atoms with Gasteiger partial charge in [-0.25, -0.2) is 4.99 Å². The smallest absolute Gasteiger partial charge is 0.846 e. The summed E-state index contributed by atoms with van der Waals surface area (Å²) < 4.78 is 0. The monoisotopic (exact) mass is 368 g/mol. The summed E-state index contributed by atoms with van der Waals surface area (Å²) in [6, 6.07) is -0.845. The van der Waals surface area contributed by atoms with Gasteiger partial charge in [0.05, 0.1) is 6.02 Å². The van der Waals surface area contributed by atoms with Crippen molar-refractivity contribution in [1.82, 2.24) is 5.32 Å². The first-order valence-corrected chi connectivity index (χ1v) is 5.60. The van der Waals surface area contributed by atoms with E-state index in [2.05, 4.69) is 10.3 Å². The van der Waals surface area contributed by atoms with Crippen LogP contribution in [0.25, 0.3) is 0 Å². The summed E-state index contributed by atoms with van der Waals surface area (Å²) in [5.41, 5.74) is -1.15. The molecule has 2 atom stereocenters. The summed E-state index contributed by atoms with van der Waals surface area (Å²) in [6.45, 7) is 5.62. The van der Waals surface area contributed by atoms with Crippen LogP contribution in [0, 0.1) is 11.3 Å². The minimum atomic E-state index is -1.15. The average Bonchev–Trinajstić information content (AvgIpc) is 2.18. The van der Waals surface area contributed by atoms with Crippen molar-refractivity contribution in [1.29, 1.82) is 0 Å². The molecule has 126 valence electrons. The van der Waals surface area contributed by atoms with Crippen LogP contribution in [0.4, 0.5) is 0 Å². The van der Waals surface area contributed by atoms with Crippen molar-refractivity contribution in [2.45, 2.75) is 40.0 Å². The molecule has 0 bridgehead atoms. The first-order chi connectivity index (χ1) is 7.48. The Morgan fingerprint density at radius 2 is 1.64 bits per heavy atom. The molecule has 0 aromatic heterocycles.